The minimum Gasteiger partial charge on any atom is -0.298 e. The molecule has 0 bridgehead atoms. The van der Waals surface area contributed by atoms with Gasteiger partial charge in [0.2, 0.25) is 0 Å². The predicted octanol–water partition coefficient (Wildman–Crippen LogP) is 3.48. The second-order valence-electron chi connectivity index (χ2n) is 3.50. The van der Waals surface area contributed by atoms with Crippen LogP contribution in [0.15, 0.2) is 18.2 Å². The van der Waals surface area contributed by atoms with Gasteiger partial charge in [-0.2, -0.15) is 13.2 Å². The number of nitro groups is 1. The standard InChI is InChI=1S/C10H7ClF3NO3/c1-5(16)9(11)6-2-3-7(10(12,13)14)8(4-6)15(17)18/h2-4,9H,1H3. The van der Waals surface area contributed by atoms with E-state index in [-0.39, 0.29) is 5.56 Å². The van der Waals surface area contributed by atoms with Crippen molar-refractivity contribution in [3.05, 3.63) is 39.4 Å². The van der Waals surface area contributed by atoms with Crippen molar-refractivity contribution in [1.29, 1.82) is 0 Å². The number of Topliss-reactive ketones (excluding diaryl/α,β-unsaturated/α-hetero) is 1. The van der Waals surface area contributed by atoms with Crippen molar-refractivity contribution < 1.29 is 22.9 Å². The molecule has 0 N–H and O–H groups in total. The Bertz CT molecular complexity index is 502. The van der Waals surface area contributed by atoms with Crippen LogP contribution < -0.4 is 0 Å². The number of carbonyl (C=O) groups excluding carboxylic acids is 1. The van der Waals surface area contributed by atoms with Gasteiger partial charge in [0, 0.05) is 6.07 Å². The molecule has 0 heterocycles. The summed E-state index contributed by atoms with van der Waals surface area (Å²) in [4.78, 5) is 20.4. The third-order valence-corrected chi connectivity index (χ3v) is 2.73. The highest BCUT2D eigenvalue weighted by Gasteiger charge is 2.38. The van der Waals surface area contributed by atoms with Crippen LogP contribution in [0.2, 0.25) is 0 Å². The van der Waals surface area contributed by atoms with Gasteiger partial charge in [0.25, 0.3) is 5.69 Å². The summed E-state index contributed by atoms with van der Waals surface area (Å²) in [5.74, 6) is -0.509. The number of ketones is 1. The highest BCUT2D eigenvalue weighted by molar-refractivity contribution is 6.30. The lowest BCUT2D eigenvalue weighted by atomic mass is 10.0. The van der Waals surface area contributed by atoms with Crippen molar-refractivity contribution in [2.24, 2.45) is 0 Å². The van der Waals surface area contributed by atoms with Crippen LogP contribution >= 0.6 is 11.6 Å². The zero-order valence-electron chi connectivity index (χ0n) is 8.99. The molecule has 18 heavy (non-hydrogen) atoms. The predicted molar refractivity (Wildman–Crippen MR) is 57.4 cm³/mol. The molecule has 1 aromatic carbocycles. The number of alkyl halides is 4. The molecule has 0 radical (unpaired) electrons. The third kappa shape index (κ3) is 2.98. The maximum absolute atomic E-state index is 12.5. The monoisotopic (exact) mass is 281 g/mol. The van der Waals surface area contributed by atoms with E-state index >= 15 is 0 Å². The lowest BCUT2D eigenvalue weighted by Crippen LogP contribution is -2.10. The quantitative estimate of drug-likeness (QED) is 0.484. The highest BCUT2D eigenvalue weighted by Crippen LogP contribution is 2.38. The van der Waals surface area contributed by atoms with Crippen LogP contribution in [-0.2, 0) is 11.0 Å². The molecule has 0 aliphatic carbocycles. The number of halogens is 4. The van der Waals surface area contributed by atoms with Gasteiger partial charge in [-0.3, -0.25) is 14.9 Å². The van der Waals surface area contributed by atoms with Gasteiger partial charge in [-0.15, -0.1) is 11.6 Å². The molecular formula is C10H7ClF3NO3. The van der Waals surface area contributed by atoms with Gasteiger partial charge in [0.1, 0.15) is 10.9 Å². The third-order valence-electron chi connectivity index (χ3n) is 2.17. The first-order valence-electron chi connectivity index (χ1n) is 4.64. The second-order valence-corrected chi connectivity index (χ2v) is 3.94. The Labute approximate surface area is 105 Å². The van der Waals surface area contributed by atoms with E-state index in [1.54, 1.807) is 0 Å². The van der Waals surface area contributed by atoms with Crippen molar-refractivity contribution in [2.75, 3.05) is 0 Å². The number of nitro benzene ring substituents is 1. The maximum atomic E-state index is 12.5. The minimum atomic E-state index is -4.83. The van der Waals surface area contributed by atoms with Crippen molar-refractivity contribution in [2.45, 2.75) is 18.5 Å². The fourth-order valence-corrected chi connectivity index (χ4v) is 1.47. The van der Waals surface area contributed by atoms with E-state index in [2.05, 4.69) is 0 Å². The summed E-state index contributed by atoms with van der Waals surface area (Å²) in [5.41, 5.74) is -2.53. The average molecular weight is 282 g/mol. The second kappa shape index (κ2) is 4.93. The normalized spacial score (nSPS) is 13.2. The Morgan fingerprint density at radius 1 is 1.44 bits per heavy atom. The highest BCUT2D eigenvalue weighted by atomic mass is 35.5. The Balaban J connectivity index is 3.37. The van der Waals surface area contributed by atoms with E-state index < -0.39 is 33.5 Å². The summed E-state index contributed by atoms with van der Waals surface area (Å²) in [7, 11) is 0. The lowest BCUT2D eigenvalue weighted by Gasteiger charge is -2.10. The molecule has 1 unspecified atom stereocenters. The fourth-order valence-electron chi connectivity index (χ4n) is 1.33. The van der Waals surface area contributed by atoms with Gasteiger partial charge in [0.15, 0.2) is 5.78 Å². The molecule has 98 valence electrons. The molecule has 0 saturated carbocycles. The molecule has 1 rings (SSSR count). The Kier molecular flexibility index (Phi) is 3.95. The first-order chi connectivity index (χ1) is 8.14. The van der Waals surface area contributed by atoms with Gasteiger partial charge in [-0.05, 0) is 18.6 Å². The Morgan fingerprint density at radius 3 is 2.39 bits per heavy atom. The topological polar surface area (TPSA) is 60.2 Å². The number of hydrogen-bond acceptors (Lipinski definition) is 3. The molecule has 8 heteroatoms. The smallest absolute Gasteiger partial charge is 0.298 e. The largest absolute Gasteiger partial charge is 0.422 e. The number of carbonyl (C=O) groups is 1. The molecule has 0 saturated heterocycles. The molecule has 1 atom stereocenters. The van der Waals surface area contributed by atoms with E-state index in [1.165, 1.54) is 0 Å². The molecular weight excluding hydrogens is 275 g/mol. The summed E-state index contributed by atoms with van der Waals surface area (Å²) in [6.07, 6.45) is -4.83. The van der Waals surface area contributed by atoms with Crippen molar-refractivity contribution in [3.63, 3.8) is 0 Å². The van der Waals surface area contributed by atoms with Crippen LogP contribution in [0.1, 0.15) is 23.4 Å². The first kappa shape index (κ1) is 14.4. The van der Waals surface area contributed by atoms with Crippen molar-refractivity contribution in [1.82, 2.24) is 0 Å². The molecule has 0 aromatic heterocycles. The summed E-state index contributed by atoms with van der Waals surface area (Å²) in [6.45, 7) is 1.14. The summed E-state index contributed by atoms with van der Waals surface area (Å²) < 4.78 is 37.5. The fraction of sp³-hybridized carbons (Fsp3) is 0.300. The number of benzene rings is 1. The first-order valence-corrected chi connectivity index (χ1v) is 5.08. The lowest BCUT2D eigenvalue weighted by molar-refractivity contribution is -0.388. The number of rotatable bonds is 3. The summed E-state index contributed by atoms with van der Waals surface area (Å²) >= 11 is 5.63. The number of hydrogen-bond donors (Lipinski definition) is 0. The SMILES string of the molecule is CC(=O)C(Cl)c1ccc(C(F)(F)F)c([N+](=O)[O-])c1. The van der Waals surface area contributed by atoms with Gasteiger partial charge in [-0.25, -0.2) is 0 Å². The van der Waals surface area contributed by atoms with E-state index in [0.29, 0.717) is 12.1 Å². The summed E-state index contributed by atoms with van der Waals surface area (Å²) in [6, 6.07) is 2.17. The van der Waals surface area contributed by atoms with E-state index in [9.17, 15) is 28.1 Å². The molecule has 0 amide bonds. The van der Waals surface area contributed by atoms with Gasteiger partial charge in [-0.1, -0.05) is 6.07 Å². The molecule has 0 fully saturated rings. The molecule has 1 aromatic rings. The number of nitrogens with zero attached hydrogens (tertiary/aromatic N) is 1. The zero-order chi connectivity index (χ0) is 14.1. The Hall–Kier alpha value is -1.63. The van der Waals surface area contributed by atoms with E-state index in [0.717, 1.165) is 13.0 Å². The maximum Gasteiger partial charge on any atom is 0.422 e. The van der Waals surface area contributed by atoms with Gasteiger partial charge < -0.3 is 0 Å². The van der Waals surface area contributed by atoms with Gasteiger partial charge >= 0.3 is 6.18 Å². The van der Waals surface area contributed by atoms with E-state index in [4.69, 9.17) is 11.6 Å². The van der Waals surface area contributed by atoms with E-state index in [1.807, 2.05) is 0 Å². The van der Waals surface area contributed by atoms with Gasteiger partial charge in [0.05, 0.1) is 4.92 Å². The summed E-state index contributed by atoms with van der Waals surface area (Å²) in [5, 5.41) is 9.39. The Morgan fingerprint density at radius 2 is 2.00 bits per heavy atom. The molecule has 0 aliphatic rings. The van der Waals surface area contributed by atoms with Crippen LogP contribution in [0.25, 0.3) is 0 Å². The van der Waals surface area contributed by atoms with Crippen LogP contribution in [0, 0.1) is 10.1 Å². The van der Waals surface area contributed by atoms with Crippen molar-refractivity contribution in [3.8, 4) is 0 Å². The van der Waals surface area contributed by atoms with Crippen LogP contribution in [-0.4, -0.2) is 10.7 Å². The van der Waals surface area contributed by atoms with Crippen molar-refractivity contribution >= 4 is 23.1 Å². The minimum absolute atomic E-state index is 0.0381. The average Bonchev–Trinajstić information content (AvgIpc) is 2.25. The molecule has 0 spiro atoms. The zero-order valence-corrected chi connectivity index (χ0v) is 9.75. The van der Waals surface area contributed by atoms with Crippen LogP contribution in [0.4, 0.5) is 18.9 Å². The van der Waals surface area contributed by atoms with Crippen LogP contribution in [0.5, 0.6) is 0 Å². The molecule has 4 nitrogen and oxygen atoms in total. The van der Waals surface area contributed by atoms with Crippen LogP contribution in [0.3, 0.4) is 0 Å². The molecule has 0 aliphatic heterocycles.